The van der Waals surface area contributed by atoms with Gasteiger partial charge >= 0.3 is 5.97 Å². The van der Waals surface area contributed by atoms with Crippen molar-refractivity contribution in [1.29, 1.82) is 0 Å². The van der Waals surface area contributed by atoms with Crippen LogP contribution >= 0.6 is 0 Å². The van der Waals surface area contributed by atoms with Crippen molar-refractivity contribution in [1.82, 2.24) is 19.8 Å². The number of alkyl halides is 2. The fourth-order valence-electron chi connectivity index (χ4n) is 2.45. The molecule has 1 aliphatic rings. The second-order valence-corrected chi connectivity index (χ2v) is 5.25. The number of hydrogen-bond donors (Lipinski definition) is 1. The van der Waals surface area contributed by atoms with E-state index in [1.54, 1.807) is 0 Å². The highest BCUT2D eigenvalue weighted by Gasteiger charge is 2.28. The van der Waals surface area contributed by atoms with Gasteiger partial charge in [0.1, 0.15) is 17.1 Å². The molecule has 1 aromatic heterocycles. The van der Waals surface area contributed by atoms with Crippen LogP contribution in [0.1, 0.15) is 40.8 Å². The van der Waals surface area contributed by atoms with Gasteiger partial charge in [0, 0.05) is 12.7 Å². The van der Waals surface area contributed by atoms with Gasteiger partial charge in [0.15, 0.2) is 0 Å². The first-order valence-electron chi connectivity index (χ1n) is 6.67. The van der Waals surface area contributed by atoms with Crippen molar-refractivity contribution in [3.05, 3.63) is 23.3 Å². The van der Waals surface area contributed by atoms with Gasteiger partial charge in [-0.2, -0.15) is 0 Å². The minimum absolute atomic E-state index is 0.224. The van der Waals surface area contributed by atoms with E-state index in [1.807, 2.05) is 19.0 Å². The number of carboxylic acid groups (broad SMARTS) is 1. The van der Waals surface area contributed by atoms with Crippen molar-refractivity contribution in [2.45, 2.75) is 18.9 Å². The Bertz CT molecular complexity index is 527. The zero-order valence-electron chi connectivity index (χ0n) is 12.0. The van der Waals surface area contributed by atoms with Crippen molar-refractivity contribution in [2.24, 2.45) is 0 Å². The topological polar surface area (TPSA) is 69.6 Å². The maximum atomic E-state index is 13.0. The molecule has 1 N–H and O–H groups in total. The van der Waals surface area contributed by atoms with Crippen LogP contribution in [0.2, 0.25) is 0 Å². The Morgan fingerprint density at radius 1 is 1.43 bits per heavy atom. The third-order valence-electron chi connectivity index (χ3n) is 3.64. The van der Waals surface area contributed by atoms with Crippen LogP contribution in [0.3, 0.4) is 0 Å². The van der Waals surface area contributed by atoms with Crippen LogP contribution in [0.4, 0.5) is 8.78 Å². The second kappa shape index (κ2) is 6.40. The number of carboxylic acids is 1. The number of rotatable bonds is 3. The summed E-state index contributed by atoms with van der Waals surface area (Å²) < 4.78 is 26.0. The van der Waals surface area contributed by atoms with Crippen molar-refractivity contribution in [3.63, 3.8) is 0 Å². The smallest absolute Gasteiger partial charge is 0.339 e. The number of likely N-dealkylation sites (N-methyl/N-ethyl adjacent to an activating group) is 2. The molecule has 1 atom stereocenters. The summed E-state index contributed by atoms with van der Waals surface area (Å²) in [6.45, 7) is 2.34. The van der Waals surface area contributed by atoms with Crippen LogP contribution in [0.25, 0.3) is 0 Å². The zero-order valence-corrected chi connectivity index (χ0v) is 12.0. The molecule has 2 heterocycles. The number of nitrogens with zero attached hydrogens (tertiary/aromatic N) is 4. The molecule has 1 aromatic rings. The molecule has 0 aromatic carbocycles. The predicted molar refractivity (Wildman–Crippen MR) is 71.4 cm³/mol. The van der Waals surface area contributed by atoms with Gasteiger partial charge in [-0.1, -0.05) is 0 Å². The van der Waals surface area contributed by atoms with Gasteiger partial charge in [0.25, 0.3) is 6.43 Å². The Morgan fingerprint density at radius 2 is 2.14 bits per heavy atom. The van der Waals surface area contributed by atoms with Crippen molar-refractivity contribution in [2.75, 3.05) is 33.7 Å². The Morgan fingerprint density at radius 3 is 2.76 bits per heavy atom. The quantitative estimate of drug-likeness (QED) is 0.910. The average molecular weight is 300 g/mol. The minimum Gasteiger partial charge on any atom is -0.478 e. The van der Waals surface area contributed by atoms with E-state index in [-0.39, 0.29) is 11.9 Å². The summed E-state index contributed by atoms with van der Waals surface area (Å²) in [5.74, 6) is -1.20. The van der Waals surface area contributed by atoms with Crippen LogP contribution < -0.4 is 0 Å². The maximum Gasteiger partial charge on any atom is 0.339 e. The van der Waals surface area contributed by atoms with Crippen molar-refractivity contribution >= 4 is 5.97 Å². The van der Waals surface area contributed by atoms with Crippen LogP contribution in [0, 0.1) is 0 Å². The van der Waals surface area contributed by atoms with E-state index in [2.05, 4.69) is 14.9 Å². The van der Waals surface area contributed by atoms with Gasteiger partial charge in [-0.3, -0.25) is 4.90 Å². The molecule has 0 aliphatic carbocycles. The summed E-state index contributed by atoms with van der Waals surface area (Å²) >= 11 is 0. The summed E-state index contributed by atoms with van der Waals surface area (Å²) in [5.41, 5.74) is -1.26. The monoisotopic (exact) mass is 300 g/mol. The largest absolute Gasteiger partial charge is 0.478 e. The standard InChI is InChI=1S/C13H18F2N4O2/c1-18-4-3-5-19(2)9(7-18)12-16-6-8(13(20)21)10(17-12)11(14)15/h6,9,11H,3-5,7H2,1-2H3,(H,20,21). The van der Waals surface area contributed by atoms with E-state index in [9.17, 15) is 13.6 Å². The van der Waals surface area contributed by atoms with Gasteiger partial charge in [-0.15, -0.1) is 0 Å². The van der Waals surface area contributed by atoms with E-state index in [0.29, 0.717) is 6.54 Å². The first kappa shape index (κ1) is 15.7. The van der Waals surface area contributed by atoms with E-state index in [0.717, 1.165) is 25.7 Å². The van der Waals surface area contributed by atoms with Gasteiger partial charge < -0.3 is 10.0 Å². The van der Waals surface area contributed by atoms with E-state index in [4.69, 9.17) is 5.11 Å². The Hall–Kier alpha value is -1.67. The van der Waals surface area contributed by atoms with Crippen LogP contribution in [0.15, 0.2) is 6.20 Å². The van der Waals surface area contributed by atoms with E-state index < -0.39 is 23.7 Å². The molecule has 2 rings (SSSR count). The number of aromatic carboxylic acids is 1. The predicted octanol–water partition coefficient (Wildman–Crippen LogP) is 1.42. The van der Waals surface area contributed by atoms with Crippen molar-refractivity contribution < 1.29 is 18.7 Å². The lowest BCUT2D eigenvalue weighted by molar-refractivity contribution is 0.0680. The number of hydrogen-bond acceptors (Lipinski definition) is 5. The molecule has 1 aliphatic heterocycles. The van der Waals surface area contributed by atoms with Gasteiger partial charge in [-0.25, -0.2) is 23.5 Å². The summed E-state index contributed by atoms with van der Waals surface area (Å²) in [6, 6.07) is -0.224. The van der Waals surface area contributed by atoms with Crippen LogP contribution in [-0.4, -0.2) is 64.6 Å². The summed E-state index contributed by atoms with van der Waals surface area (Å²) in [7, 11) is 3.84. The third kappa shape index (κ3) is 3.51. The second-order valence-electron chi connectivity index (χ2n) is 5.25. The molecule has 1 fully saturated rings. The van der Waals surface area contributed by atoms with Crippen LogP contribution in [-0.2, 0) is 0 Å². The summed E-state index contributed by atoms with van der Waals surface area (Å²) in [6.07, 6.45) is -0.991. The Balaban J connectivity index is 2.38. The number of halogens is 2. The first-order valence-corrected chi connectivity index (χ1v) is 6.67. The molecular formula is C13H18F2N4O2. The van der Waals surface area contributed by atoms with Gasteiger partial charge in [0.2, 0.25) is 0 Å². The van der Waals surface area contributed by atoms with E-state index in [1.165, 1.54) is 0 Å². The van der Waals surface area contributed by atoms with Gasteiger partial charge in [0.05, 0.1) is 6.04 Å². The minimum atomic E-state index is -2.94. The van der Waals surface area contributed by atoms with Crippen molar-refractivity contribution in [3.8, 4) is 0 Å². The summed E-state index contributed by atoms with van der Waals surface area (Å²) in [4.78, 5) is 22.9. The highest BCUT2D eigenvalue weighted by Crippen LogP contribution is 2.25. The number of aromatic nitrogens is 2. The lowest BCUT2D eigenvalue weighted by Crippen LogP contribution is -2.32. The van der Waals surface area contributed by atoms with Gasteiger partial charge in [-0.05, 0) is 33.6 Å². The molecule has 116 valence electrons. The maximum absolute atomic E-state index is 13.0. The highest BCUT2D eigenvalue weighted by molar-refractivity contribution is 5.88. The summed E-state index contributed by atoms with van der Waals surface area (Å²) in [5, 5.41) is 8.92. The molecule has 0 saturated carbocycles. The molecule has 0 amide bonds. The third-order valence-corrected chi connectivity index (χ3v) is 3.64. The van der Waals surface area contributed by atoms with E-state index >= 15 is 0 Å². The lowest BCUT2D eigenvalue weighted by atomic mass is 10.2. The first-order chi connectivity index (χ1) is 9.90. The Kier molecular flexibility index (Phi) is 4.79. The fraction of sp³-hybridized carbons (Fsp3) is 0.615. The lowest BCUT2D eigenvalue weighted by Gasteiger charge is -2.26. The number of carbonyl (C=O) groups is 1. The molecule has 0 radical (unpaired) electrons. The molecule has 21 heavy (non-hydrogen) atoms. The highest BCUT2D eigenvalue weighted by atomic mass is 19.3. The molecule has 8 heteroatoms. The normalized spacial score (nSPS) is 21.5. The SMILES string of the molecule is CN1CCCN(C)C(c2ncc(C(=O)O)c(C(F)F)n2)C1. The molecule has 0 bridgehead atoms. The van der Waals surface area contributed by atoms with Crippen LogP contribution in [0.5, 0.6) is 0 Å². The molecule has 1 unspecified atom stereocenters. The molecule has 1 saturated heterocycles. The molecule has 0 spiro atoms. The fourth-order valence-corrected chi connectivity index (χ4v) is 2.45. The zero-order chi connectivity index (χ0) is 15.6. The molecular weight excluding hydrogens is 282 g/mol. The Labute approximate surface area is 121 Å². The average Bonchev–Trinajstić information content (AvgIpc) is 2.59. The molecule has 6 nitrogen and oxygen atoms in total.